The van der Waals surface area contributed by atoms with Gasteiger partial charge in [-0.05, 0) is 50.5 Å². The van der Waals surface area contributed by atoms with Gasteiger partial charge in [-0.3, -0.25) is 0 Å². The van der Waals surface area contributed by atoms with Crippen LogP contribution in [0.2, 0.25) is 0 Å². The summed E-state index contributed by atoms with van der Waals surface area (Å²) in [5, 5.41) is 10.4. The molecule has 0 saturated carbocycles. The molecule has 20 heavy (non-hydrogen) atoms. The van der Waals surface area contributed by atoms with E-state index in [0.717, 1.165) is 22.4 Å². The van der Waals surface area contributed by atoms with E-state index in [1.165, 1.54) is 5.56 Å². The largest absolute Gasteiger partial charge is 0.487 e. The molecule has 0 fully saturated rings. The zero-order chi connectivity index (χ0) is 14.7. The smallest absolute Gasteiger partial charge is 0.126 e. The molecule has 0 aliphatic carbocycles. The number of aryl methyl sites for hydroxylation is 3. The summed E-state index contributed by atoms with van der Waals surface area (Å²) in [5.41, 5.74) is 4.30. The topological polar surface area (TPSA) is 29.5 Å². The molecule has 2 aromatic rings. The Labute approximate surface area is 121 Å². The van der Waals surface area contributed by atoms with Crippen molar-refractivity contribution in [3.05, 3.63) is 64.7 Å². The van der Waals surface area contributed by atoms with Crippen LogP contribution in [0.15, 0.2) is 42.5 Å². The summed E-state index contributed by atoms with van der Waals surface area (Å²) in [5.74, 6) is 0.837. The maximum absolute atomic E-state index is 10.4. The minimum atomic E-state index is -0.629. The molecule has 106 valence electrons. The zero-order valence-electron chi connectivity index (χ0n) is 12.6. The van der Waals surface area contributed by atoms with Gasteiger partial charge in [0.15, 0.2) is 0 Å². The number of ether oxygens (including phenoxy) is 1. The first-order chi connectivity index (χ1) is 9.47. The highest BCUT2D eigenvalue weighted by molar-refractivity contribution is 5.36. The molecular weight excluding hydrogens is 248 g/mol. The van der Waals surface area contributed by atoms with E-state index in [-0.39, 0.29) is 6.10 Å². The number of aliphatic hydroxyl groups is 1. The van der Waals surface area contributed by atoms with Gasteiger partial charge in [0.1, 0.15) is 18.0 Å². The molecule has 0 aliphatic rings. The summed E-state index contributed by atoms with van der Waals surface area (Å²) in [6, 6.07) is 14.0. The van der Waals surface area contributed by atoms with E-state index < -0.39 is 6.10 Å². The Morgan fingerprint density at radius 3 is 2.15 bits per heavy atom. The lowest BCUT2D eigenvalue weighted by Gasteiger charge is -2.22. The molecule has 1 N–H and O–H groups in total. The third-order valence-corrected chi connectivity index (χ3v) is 3.52. The second kappa shape index (κ2) is 6.10. The molecule has 0 saturated heterocycles. The molecule has 2 unspecified atom stereocenters. The van der Waals surface area contributed by atoms with E-state index in [0.29, 0.717) is 0 Å². The first-order valence-corrected chi connectivity index (χ1v) is 6.96. The van der Waals surface area contributed by atoms with Gasteiger partial charge in [-0.15, -0.1) is 0 Å². The fourth-order valence-electron chi connectivity index (χ4n) is 2.13. The van der Waals surface area contributed by atoms with Crippen molar-refractivity contribution in [3.63, 3.8) is 0 Å². The first kappa shape index (κ1) is 14.6. The molecule has 0 heterocycles. The predicted octanol–water partition coefficient (Wildman–Crippen LogP) is 4.11. The van der Waals surface area contributed by atoms with Gasteiger partial charge in [0, 0.05) is 0 Å². The minimum Gasteiger partial charge on any atom is -0.487 e. The zero-order valence-corrected chi connectivity index (χ0v) is 12.6. The van der Waals surface area contributed by atoms with Crippen LogP contribution in [0.5, 0.6) is 5.75 Å². The fraction of sp³-hybridized carbons (Fsp3) is 0.333. The fourth-order valence-corrected chi connectivity index (χ4v) is 2.13. The summed E-state index contributed by atoms with van der Waals surface area (Å²) in [4.78, 5) is 0. The van der Waals surface area contributed by atoms with Crippen LogP contribution in [0, 0.1) is 20.8 Å². The molecule has 0 aliphatic heterocycles. The van der Waals surface area contributed by atoms with E-state index in [1.807, 2.05) is 64.1 Å². The maximum Gasteiger partial charge on any atom is 0.126 e. The molecule has 0 radical (unpaired) electrons. The van der Waals surface area contributed by atoms with Gasteiger partial charge in [-0.1, -0.05) is 42.0 Å². The second-order valence-electron chi connectivity index (χ2n) is 5.45. The number of hydrogen-bond donors (Lipinski definition) is 1. The third-order valence-electron chi connectivity index (χ3n) is 3.52. The van der Waals surface area contributed by atoms with Gasteiger partial charge in [-0.25, -0.2) is 0 Å². The van der Waals surface area contributed by atoms with Crippen LogP contribution in [0.3, 0.4) is 0 Å². The van der Waals surface area contributed by atoms with Gasteiger partial charge >= 0.3 is 0 Å². The average Bonchev–Trinajstić information content (AvgIpc) is 2.43. The van der Waals surface area contributed by atoms with Crippen LogP contribution in [0.4, 0.5) is 0 Å². The van der Waals surface area contributed by atoms with Crippen LogP contribution in [-0.4, -0.2) is 11.2 Å². The lowest BCUT2D eigenvalue weighted by molar-refractivity contribution is 0.0463. The van der Waals surface area contributed by atoms with Crippen molar-refractivity contribution in [1.29, 1.82) is 0 Å². The highest BCUT2D eigenvalue weighted by Gasteiger charge is 2.18. The molecule has 2 heteroatoms. The molecule has 2 rings (SSSR count). The molecular formula is C18H22O2. The molecule has 2 atom stereocenters. The normalized spacial score (nSPS) is 13.8. The summed E-state index contributed by atoms with van der Waals surface area (Å²) in [6.07, 6.45) is -0.922. The third kappa shape index (κ3) is 3.40. The van der Waals surface area contributed by atoms with Gasteiger partial charge in [0.05, 0.1) is 0 Å². The molecule has 0 aromatic heterocycles. The second-order valence-corrected chi connectivity index (χ2v) is 5.45. The summed E-state index contributed by atoms with van der Waals surface area (Å²) in [7, 11) is 0. The van der Waals surface area contributed by atoms with Crippen LogP contribution in [0.1, 0.15) is 35.3 Å². The number of benzene rings is 2. The summed E-state index contributed by atoms with van der Waals surface area (Å²) in [6.45, 7) is 7.98. The standard InChI is InChI=1S/C18H22O2/c1-12-6-9-16(10-7-12)18(19)15(4)20-17-11-13(2)5-8-14(17)3/h5-11,15,18-19H,1-4H3. The predicted molar refractivity (Wildman–Crippen MR) is 82.1 cm³/mol. The summed E-state index contributed by atoms with van der Waals surface area (Å²) >= 11 is 0. The Balaban J connectivity index is 2.13. The Bertz CT molecular complexity index is 572. The van der Waals surface area contributed by atoms with Crippen molar-refractivity contribution >= 4 is 0 Å². The Morgan fingerprint density at radius 1 is 0.900 bits per heavy atom. The van der Waals surface area contributed by atoms with E-state index >= 15 is 0 Å². The van der Waals surface area contributed by atoms with Crippen molar-refractivity contribution in [1.82, 2.24) is 0 Å². The molecule has 0 amide bonds. The van der Waals surface area contributed by atoms with E-state index in [2.05, 4.69) is 6.07 Å². The number of hydrogen-bond acceptors (Lipinski definition) is 2. The van der Waals surface area contributed by atoms with Crippen molar-refractivity contribution in [2.45, 2.75) is 39.9 Å². The van der Waals surface area contributed by atoms with E-state index in [9.17, 15) is 5.11 Å². The van der Waals surface area contributed by atoms with Gasteiger partial charge in [0.25, 0.3) is 0 Å². The number of aliphatic hydroxyl groups excluding tert-OH is 1. The highest BCUT2D eigenvalue weighted by atomic mass is 16.5. The Morgan fingerprint density at radius 2 is 1.50 bits per heavy atom. The molecule has 2 aromatic carbocycles. The first-order valence-electron chi connectivity index (χ1n) is 6.96. The SMILES string of the molecule is Cc1ccc(C(O)C(C)Oc2cc(C)ccc2C)cc1. The molecule has 0 bridgehead atoms. The minimum absolute atomic E-state index is 0.293. The van der Waals surface area contributed by atoms with Crippen LogP contribution in [0.25, 0.3) is 0 Å². The maximum atomic E-state index is 10.4. The highest BCUT2D eigenvalue weighted by Crippen LogP contribution is 2.25. The Kier molecular flexibility index (Phi) is 4.46. The Hall–Kier alpha value is -1.80. The van der Waals surface area contributed by atoms with E-state index in [4.69, 9.17) is 4.74 Å². The van der Waals surface area contributed by atoms with Crippen LogP contribution < -0.4 is 4.74 Å². The van der Waals surface area contributed by atoms with Crippen LogP contribution in [-0.2, 0) is 0 Å². The summed E-state index contributed by atoms with van der Waals surface area (Å²) < 4.78 is 5.92. The molecule has 2 nitrogen and oxygen atoms in total. The van der Waals surface area contributed by atoms with Crippen molar-refractivity contribution in [2.75, 3.05) is 0 Å². The monoisotopic (exact) mass is 270 g/mol. The average molecular weight is 270 g/mol. The van der Waals surface area contributed by atoms with Crippen molar-refractivity contribution in [3.8, 4) is 5.75 Å². The van der Waals surface area contributed by atoms with Crippen molar-refractivity contribution < 1.29 is 9.84 Å². The lowest BCUT2D eigenvalue weighted by Crippen LogP contribution is -2.22. The van der Waals surface area contributed by atoms with Gasteiger partial charge in [-0.2, -0.15) is 0 Å². The lowest BCUT2D eigenvalue weighted by atomic mass is 10.0. The van der Waals surface area contributed by atoms with Gasteiger partial charge < -0.3 is 9.84 Å². The van der Waals surface area contributed by atoms with E-state index in [1.54, 1.807) is 0 Å². The quantitative estimate of drug-likeness (QED) is 0.905. The molecule has 0 spiro atoms. The van der Waals surface area contributed by atoms with Crippen LogP contribution >= 0.6 is 0 Å². The number of rotatable bonds is 4. The van der Waals surface area contributed by atoms with Gasteiger partial charge in [0.2, 0.25) is 0 Å². The van der Waals surface area contributed by atoms with Crippen molar-refractivity contribution in [2.24, 2.45) is 0 Å².